The Morgan fingerprint density at radius 2 is 2.05 bits per heavy atom. The summed E-state index contributed by atoms with van der Waals surface area (Å²) in [7, 11) is 0. The molecule has 1 atom stereocenters. The van der Waals surface area contributed by atoms with Crippen LogP contribution >= 0.6 is 0 Å². The van der Waals surface area contributed by atoms with Crippen LogP contribution in [0, 0.1) is 10.1 Å². The maximum absolute atomic E-state index is 11.8. The van der Waals surface area contributed by atoms with E-state index in [0.29, 0.717) is 5.69 Å². The van der Waals surface area contributed by atoms with Crippen LogP contribution in [0.5, 0.6) is 0 Å². The summed E-state index contributed by atoms with van der Waals surface area (Å²) in [4.78, 5) is 21.8. The van der Waals surface area contributed by atoms with Crippen molar-refractivity contribution in [2.75, 3.05) is 11.9 Å². The van der Waals surface area contributed by atoms with E-state index in [1.807, 2.05) is 13.0 Å². The number of hydrogen-bond acceptors (Lipinski definition) is 5. The second-order valence-corrected chi connectivity index (χ2v) is 4.47. The predicted molar refractivity (Wildman–Crippen MR) is 76.9 cm³/mol. The molecule has 0 bridgehead atoms. The molecular weight excluding hydrogens is 274 g/mol. The quantitative estimate of drug-likeness (QED) is 0.629. The molecule has 0 saturated carbocycles. The van der Waals surface area contributed by atoms with E-state index in [-0.39, 0.29) is 24.2 Å². The van der Waals surface area contributed by atoms with Crippen LogP contribution in [0.1, 0.15) is 18.7 Å². The number of nitro groups is 1. The van der Waals surface area contributed by atoms with Crippen molar-refractivity contribution < 1.29 is 14.1 Å². The van der Waals surface area contributed by atoms with E-state index in [0.717, 1.165) is 5.76 Å². The number of nitro benzene ring substituents is 1. The van der Waals surface area contributed by atoms with Gasteiger partial charge in [0.05, 0.1) is 23.8 Å². The lowest BCUT2D eigenvalue weighted by Crippen LogP contribution is -2.29. The Morgan fingerprint density at radius 3 is 2.62 bits per heavy atom. The highest BCUT2D eigenvalue weighted by Crippen LogP contribution is 2.15. The van der Waals surface area contributed by atoms with Crippen molar-refractivity contribution in [1.29, 1.82) is 0 Å². The van der Waals surface area contributed by atoms with E-state index < -0.39 is 4.92 Å². The molecule has 0 aliphatic rings. The first-order valence-electron chi connectivity index (χ1n) is 6.37. The topological polar surface area (TPSA) is 97.4 Å². The minimum atomic E-state index is -0.488. The molecule has 21 heavy (non-hydrogen) atoms. The van der Waals surface area contributed by atoms with Gasteiger partial charge in [0.2, 0.25) is 5.91 Å². The van der Waals surface area contributed by atoms with Gasteiger partial charge in [0.15, 0.2) is 0 Å². The van der Waals surface area contributed by atoms with Gasteiger partial charge in [0.1, 0.15) is 5.76 Å². The molecule has 2 N–H and O–H groups in total. The van der Waals surface area contributed by atoms with E-state index in [9.17, 15) is 14.9 Å². The maximum atomic E-state index is 11.8. The van der Waals surface area contributed by atoms with Gasteiger partial charge in [-0.3, -0.25) is 20.2 Å². The van der Waals surface area contributed by atoms with Crippen LogP contribution in [-0.4, -0.2) is 17.4 Å². The molecule has 2 aromatic rings. The molecule has 0 spiro atoms. The van der Waals surface area contributed by atoms with Gasteiger partial charge in [0, 0.05) is 17.8 Å². The number of hydrogen-bond donors (Lipinski definition) is 2. The van der Waals surface area contributed by atoms with E-state index >= 15 is 0 Å². The number of rotatable bonds is 6. The lowest BCUT2D eigenvalue weighted by Gasteiger charge is -2.11. The summed E-state index contributed by atoms with van der Waals surface area (Å²) in [5, 5.41) is 16.2. The smallest absolute Gasteiger partial charge is 0.269 e. The number of anilines is 1. The predicted octanol–water partition coefficient (Wildman–Crippen LogP) is 2.48. The zero-order chi connectivity index (χ0) is 15.2. The third-order valence-corrected chi connectivity index (χ3v) is 2.90. The van der Waals surface area contributed by atoms with Crippen molar-refractivity contribution in [3.8, 4) is 0 Å². The molecule has 7 nitrogen and oxygen atoms in total. The standard InChI is InChI=1S/C14H15N3O4/c1-10(13-3-2-8-21-13)15-9-14(18)16-11-4-6-12(7-5-11)17(19)20/h2-8,10,15H,9H2,1H3,(H,16,18)/t10-/m1/s1. The summed E-state index contributed by atoms with van der Waals surface area (Å²) in [6.45, 7) is 2.00. The van der Waals surface area contributed by atoms with Crippen LogP contribution in [0.25, 0.3) is 0 Å². The largest absolute Gasteiger partial charge is 0.468 e. The average Bonchev–Trinajstić information content (AvgIpc) is 2.99. The lowest BCUT2D eigenvalue weighted by atomic mass is 10.2. The van der Waals surface area contributed by atoms with Gasteiger partial charge in [-0.25, -0.2) is 0 Å². The first-order valence-corrected chi connectivity index (χ1v) is 6.37. The lowest BCUT2D eigenvalue weighted by molar-refractivity contribution is -0.384. The van der Waals surface area contributed by atoms with Crippen LogP contribution < -0.4 is 10.6 Å². The third-order valence-electron chi connectivity index (χ3n) is 2.90. The van der Waals surface area contributed by atoms with Crippen molar-refractivity contribution in [3.05, 3.63) is 58.5 Å². The first kappa shape index (κ1) is 14.7. The number of non-ortho nitro benzene ring substituents is 1. The Kier molecular flexibility index (Phi) is 4.68. The monoisotopic (exact) mass is 289 g/mol. The number of nitrogens with one attached hydrogen (secondary N) is 2. The summed E-state index contributed by atoms with van der Waals surface area (Å²) >= 11 is 0. The molecule has 1 aromatic carbocycles. The number of nitrogens with zero attached hydrogens (tertiary/aromatic N) is 1. The maximum Gasteiger partial charge on any atom is 0.269 e. The van der Waals surface area contributed by atoms with Crippen molar-refractivity contribution in [1.82, 2.24) is 5.32 Å². The van der Waals surface area contributed by atoms with E-state index in [4.69, 9.17) is 4.42 Å². The molecule has 1 heterocycles. The summed E-state index contributed by atoms with van der Waals surface area (Å²) in [6.07, 6.45) is 1.57. The molecule has 0 radical (unpaired) electrons. The number of amides is 1. The number of carbonyl (C=O) groups excluding carboxylic acids is 1. The van der Waals surface area contributed by atoms with Gasteiger partial charge < -0.3 is 9.73 Å². The van der Waals surface area contributed by atoms with Gasteiger partial charge >= 0.3 is 0 Å². The average molecular weight is 289 g/mol. The van der Waals surface area contributed by atoms with E-state index in [1.54, 1.807) is 12.3 Å². The highest BCUT2D eigenvalue weighted by Gasteiger charge is 2.10. The van der Waals surface area contributed by atoms with Crippen molar-refractivity contribution >= 4 is 17.3 Å². The van der Waals surface area contributed by atoms with Crippen molar-refractivity contribution in [2.24, 2.45) is 0 Å². The van der Waals surface area contributed by atoms with Gasteiger partial charge in [-0.2, -0.15) is 0 Å². The Balaban J connectivity index is 1.83. The number of furan rings is 1. The van der Waals surface area contributed by atoms with Crippen LogP contribution in [0.4, 0.5) is 11.4 Å². The summed E-state index contributed by atoms with van der Waals surface area (Å²) in [5.41, 5.74) is 0.496. The minimum Gasteiger partial charge on any atom is -0.468 e. The molecule has 0 fully saturated rings. The van der Waals surface area contributed by atoms with Gasteiger partial charge in [-0.15, -0.1) is 0 Å². The molecule has 7 heteroatoms. The van der Waals surface area contributed by atoms with Crippen LogP contribution in [-0.2, 0) is 4.79 Å². The molecule has 0 saturated heterocycles. The Labute approximate surface area is 121 Å². The molecule has 0 unspecified atom stereocenters. The van der Waals surface area contributed by atoms with Crippen molar-refractivity contribution in [3.63, 3.8) is 0 Å². The summed E-state index contributed by atoms with van der Waals surface area (Å²) in [5.74, 6) is 0.514. The number of benzene rings is 1. The fraction of sp³-hybridized carbons (Fsp3) is 0.214. The van der Waals surface area contributed by atoms with Gasteiger partial charge in [0.25, 0.3) is 5.69 Å². The van der Waals surface area contributed by atoms with Crippen LogP contribution in [0.15, 0.2) is 47.1 Å². The molecular formula is C14H15N3O4. The van der Waals surface area contributed by atoms with E-state index in [2.05, 4.69) is 10.6 Å². The van der Waals surface area contributed by atoms with E-state index in [1.165, 1.54) is 24.3 Å². The fourth-order valence-corrected chi connectivity index (χ4v) is 1.76. The second-order valence-electron chi connectivity index (χ2n) is 4.47. The van der Waals surface area contributed by atoms with Crippen LogP contribution in [0.3, 0.4) is 0 Å². The molecule has 110 valence electrons. The SMILES string of the molecule is C[C@@H](NCC(=O)Nc1ccc([N+](=O)[O-])cc1)c1ccco1. The molecule has 2 rings (SSSR count). The molecule has 0 aliphatic heterocycles. The normalized spacial score (nSPS) is 11.9. The third kappa shape index (κ3) is 4.15. The number of carbonyl (C=O) groups is 1. The summed E-state index contributed by atoms with van der Waals surface area (Å²) < 4.78 is 5.22. The Morgan fingerprint density at radius 1 is 1.33 bits per heavy atom. The van der Waals surface area contributed by atoms with Crippen molar-refractivity contribution in [2.45, 2.75) is 13.0 Å². The zero-order valence-corrected chi connectivity index (χ0v) is 11.4. The summed E-state index contributed by atoms with van der Waals surface area (Å²) in [6, 6.07) is 9.19. The molecule has 1 amide bonds. The van der Waals surface area contributed by atoms with Gasteiger partial charge in [-0.1, -0.05) is 0 Å². The van der Waals surface area contributed by atoms with Gasteiger partial charge in [-0.05, 0) is 31.2 Å². The minimum absolute atomic E-state index is 0.0161. The molecule has 0 aliphatic carbocycles. The first-order chi connectivity index (χ1) is 10.1. The Bertz CT molecular complexity index is 608. The highest BCUT2D eigenvalue weighted by molar-refractivity contribution is 5.92. The fourth-order valence-electron chi connectivity index (χ4n) is 1.76. The second kappa shape index (κ2) is 6.67. The Hall–Kier alpha value is -2.67. The molecule has 1 aromatic heterocycles. The van der Waals surface area contributed by atoms with Crippen LogP contribution in [0.2, 0.25) is 0 Å². The highest BCUT2D eigenvalue weighted by atomic mass is 16.6. The zero-order valence-electron chi connectivity index (χ0n) is 11.4.